The van der Waals surface area contributed by atoms with Gasteiger partial charge in [-0.05, 0) is 193 Å². The van der Waals surface area contributed by atoms with E-state index in [1.165, 1.54) is 77.9 Å². The van der Waals surface area contributed by atoms with Crippen molar-refractivity contribution in [3.8, 4) is 55.6 Å². The molecule has 0 spiro atoms. The van der Waals surface area contributed by atoms with Crippen LogP contribution in [0.15, 0.2) is 297 Å². The highest BCUT2D eigenvalue weighted by Crippen LogP contribution is 2.43. The van der Waals surface area contributed by atoms with E-state index in [1.54, 1.807) is 0 Å². The van der Waals surface area contributed by atoms with Crippen LogP contribution in [0.3, 0.4) is 0 Å². The van der Waals surface area contributed by atoms with Crippen molar-refractivity contribution in [2.24, 2.45) is 0 Å². The van der Waals surface area contributed by atoms with Crippen LogP contribution in [0.2, 0.25) is 0 Å². The molecule has 0 atom stereocenters. The fourth-order valence-corrected chi connectivity index (χ4v) is 10.5. The van der Waals surface area contributed by atoms with Gasteiger partial charge < -0.3 is 14.7 Å². The van der Waals surface area contributed by atoms with E-state index < -0.39 is 0 Å². The normalized spacial score (nSPS) is 11.0. The molecule has 0 fully saturated rings. The zero-order valence-electron chi connectivity index (χ0n) is 45.1. The molecule has 0 saturated carbocycles. The molecule has 0 aliphatic rings. The molecule has 0 N–H and O–H groups in total. The highest BCUT2D eigenvalue weighted by Gasteiger charge is 2.19. The maximum absolute atomic E-state index is 2.36. The lowest BCUT2D eigenvalue weighted by molar-refractivity contribution is 1.24. The second-order valence-electron chi connectivity index (χ2n) is 20.6. The van der Waals surface area contributed by atoms with E-state index in [9.17, 15) is 0 Å². The molecule has 0 aromatic heterocycles. The molecule has 12 aromatic carbocycles. The summed E-state index contributed by atoms with van der Waals surface area (Å²) in [7, 11) is 0. The van der Waals surface area contributed by atoms with Crippen molar-refractivity contribution in [2.75, 3.05) is 14.7 Å². The molecule has 0 bridgehead atoms. The molecule has 0 saturated heterocycles. The van der Waals surface area contributed by atoms with E-state index >= 15 is 0 Å². The Labute approximate surface area is 466 Å². The van der Waals surface area contributed by atoms with Gasteiger partial charge in [0.05, 0.1) is 0 Å². The molecule has 12 rings (SSSR count). The fraction of sp³-hybridized carbons (Fsp3) is 0.0526. The fourth-order valence-electron chi connectivity index (χ4n) is 10.5. The van der Waals surface area contributed by atoms with Gasteiger partial charge in [0.15, 0.2) is 0 Å². The van der Waals surface area contributed by atoms with Crippen LogP contribution in [0.5, 0.6) is 0 Å². The van der Waals surface area contributed by atoms with Gasteiger partial charge in [0.2, 0.25) is 0 Å². The summed E-state index contributed by atoms with van der Waals surface area (Å²) in [6.45, 7) is 8.53. The number of hydrogen-bond acceptors (Lipinski definition) is 3. The van der Waals surface area contributed by atoms with Crippen LogP contribution in [-0.2, 0) is 0 Å². The monoisotopic (exact) mass is 1020 g/mol. The number of anilines is 9. The number of hydrogen-bond donors (Lipinski definition) is 0. The van der Waals surface area contributed by atoms with Crippen molar-refractivity contribution < 1.29 is 0 Å². The minimum atomic E-state index is 1.04. The third kappa shape index (κ3) is 11.0. The molecule has 3 nitrogen and oxygen atoms in total. The number of benzene rings is 12. The Bertz CT molecular complexity index is 3520. The second-order valence-corrected chi connectivity index (χ2v) is 20.6. The molecule has 0 heterocycles. The Balaban J connectivity index is 0.920. The molecule has 12 aromatic rings. The van der Waals surface area contributed by atoms with Gasteiger partial charge in [-0.2, -0.15) is 0 Å². The highest BCUT2D eigenvalue weighted by atomic mass is 15.2. The van der Waals surface area contributed by atoms with Crippen molar-refractivity contribution in [3.63, 3.8) is 0 Å². The number of rotatable bonds is 14. The third-order valence-corrected chi connectivity index (χ3v) is 15.0. The Morgan fingerprint density at radius 1 is 0.139 bits per heavy atom. The topological polar surface area (TPSA) is 9.72 Å². The van der Waals surface area contributed by atoms with E-state index in [2.05, 4.69) is 340 Å². The lowest BCUT2D eigenvalue weighted by atomic mass is 10.0. The van der Waals surface area contributed by atoms with Gasteiger partial charge in [0.25, 0.3) is 0 Å². The summed E-state index contributed by atoms with van der Waals surface area (Å²) in [5.41, 5.74) is 26.5. The first-order chi connectivity index (χ1) is 38.8. The predicted octanol–water partition coefficient (Wildman–Crippen LogP) is 21.7. The summed E-state index contributed by atoms with van der Waals surface area (Å²) in [6, 6.07) is 108. The molecule has 0 amide bonds. The van der Waals surface area contributed by atoms with Crippen LogP contribution in [-0.4, -0.2) is 0 Å². The molecule has 3 heteroatoms. The van der Waals surface area contributed by atoms with Gasteiger partial charge in [0, 0.05) is 51.2 Å². The van der Waals surface area contributed by atoms with Gasteiger partial charge in [-0.3, -0.25) is 0 Å². The Morgan fingerprint density at radius 3 is 0.430 bits per heavy atom. The van der Waals surface area contributed by atoms with Crippen LogP contribution in [0.25, 0.3) is 55.6 Å². The van der Waals surface area contributed by atoms with Crippen molar-refractivity contribution in [3.05, 3.63) is 320 Å². The molecule has 0 aliphatic heterocycles. The minimum absolute atomic E-state index is 1.04. The molecule has 380 valence electrons. The van der Waals surface area contributed by atoms with Crippen LogP contribution in [0.4, 0.5) is 51.2 Å². The predicted molar refractivity (Wildman–Crippen MR) is 337 cm³/mol. The van der Waals surface area contributed by atoms with Crippen molar-refractivity contribution >= 4 is 51.2 Å². The Kier molecular flexibility index (Phi) is 14.1. The lowest BCUT2D eigenvalue weighted by Crippen LogP contribution is -2.13. The van der Waals surface area contributed by atoms with E-state index in [4.69, 9.17) is 0 Å². The van der Waals surface area contributed by atoms with Crippen LogP contribution in [0.1, 0.15) is 22.3 Å². The Morgan fingerprint density at radius 2 is 0.266 bits per heavy atom. The first-order valence-corrected chi connectivity index (χ1v) is 27.2. The third-order valence-electron chi connectivity index (χ3n) is 15.0. The smallest absolute Gasteiger partial charge is 0.0463 e. The van der Waals surface area contributed by atoms with Gasteiger partial charge in [-0.15, -0.1) is 0 Å². The quantitative estimate of drug-likeness (QED) is 0.107. The summed E-state index contributed by atoms with van der Waals surface area (Å²) in [5.74, 6) is 0. The molecule has 0 radical (unpaired) electrons. The number of aryl methyl sites for hydroxylation is 4. The van der Waals surface area contributed by atoms with E-state index in [0.717, 1.165) is 51.2 Å². The summed E-state index contributed by atoms with van der Waals surface area (Å²) >= 11 is 0. The molecule has 79 heavy (non-hydrogen) atoms. The van der Waals surface area contributed by atoms with E-state index in [0.29, 0.717) is 0 Å². The van der Waals surface area contributed by atoms with Crippen molar-refractivity contribution in [1.29, 1.82) is 0 Å². The number of nitrogens with zero attached hydrogens (tertiary/aromatic N) is 3. The average Bonchev–Trinajstić information content (AvgIpc) is 3.51. The maximum Gasteiger partial charge on any atom is 0.0463 e. The van der Waals surface area contributed by atoms with Gasteiger partial charge in [-0.1, -0.05) is 210 Å². The van der Waals surface area contributed by atoms with E-state index in [-0.39, 0.29) is 0 Å². The summed E-state index contributed by atoms with van der Waals surface area (Å²) in [4.78, 5) is 7.06. The largest absolute Gasteiger partial charge is 0.311 e. The van der Waals surface area contributed by atoms with Crippen molar-refractivity contribution in [1.82, 2.24) is 0 Å². The van der Waals surface area contributed by atoms with E-state index in [1.807, 2.05) is 0 Å². The maximum atomic E-state index is 2.36. The van der Waals surface area contributed by atoms with Gasteiger partial charge in [-0.25, -0.2) is 0 Å². The first kappa shape index (κ1) is 49.9. The standard InChI is InChI=1S/C76H61N3/c1-54-10-18-59(19-11-54)64-28-38-68(39-29-64)77(69-40-30-65(31-41-69)60-20-12-55(2)13-21-60)73-46-50-75(51-47-73)79(72-36-26-63(27-37-72)58-8-6-5-7-9-58)76-52-48-74(49-53-76)78(70-42-32-66(33-43-70)61-22-14-56(3)15-23-61)71-44-34-67(35-45-71)62-24-16-57(4)17-25-62/h5-53H,1-4H3. The zero-order chi connectivity index (χ0) is 53.7. The Hall–Kier alpha value is -9.96. The van der Waals surface area contributed by atoms with Crippen molar-refractivity contribution in [2.45, 2.75) is 27.7 Å². The SMILES string of the molecule is Cc1ccc(-c2ccc(N(c3ccc(-c4ccc(C)cc4)cc3)c3ccc(N(c4ccc(-c5ccccc5)cc4)c4ccc(N(c5ccc(-c6ccc(C)cc6)cc5)c5ccc(-c6ccc(C)cc6)cc5)cc4)cc3)cc2)cc1. The van der Waals surface area contributed by atoms with Gasteiger partial charge >= 0.3 is 0 Å². The first-order valence-electron chi connectivity index (χ1n) is 27.2. The van der Waals surface area contributed by atoms with Crippen LogP contribution >= 0.6 is 0 Å². The van der Waals surface area contributed by atoms with Gasteiger partial charge in [0.1, 0.15) is 0 Å². The highest BCUT2D eigenvalue weighted by molar-refractivity contribution is 5.86. The molecular formula is C76H61N3. The average molecular weight is 1020 g/mol. The molecule has 0 aliphatic carbocycles. The summed E-state index contributed by atoms with van der Waals surface area (Å²) in [6.07, 6.45) is 0. The minimum Gasteiger partial charge on any atom is -0.311 e. The molecule has 0 unspecified atom stereocenters. The summed E-state index contributed by atoms with van der Waals surface area (Å²) in [5, 5.41) is 0. The van der Waals surface area contributed by atoms with Crippen LogP contribution < -0.4 is 14.7 Å². The lowest BCUT2D eigenvalue weighted by Gasteiger charge is -2.30. The second kappa shape index (κ2) is 22.3. The molecular weight excluding hydrogens is 955 g/mol. The van der Waals surface area contributed by atoms with Crippen LogP contribution in [0, 0.1) is 27.7 Å². The zero-order valence-corrected chi connectivity index (χ0v) is 45.1. The summed E-state index contributed by atoms with van der Waals surface area (Å²) < 4.78 is 0.